The van der Waals surface area contributed by atoms with Gasteiger partial charge in [-0.15, -0.1) is 0 Å². The molecule has 0 radical (unpaired) electrons. The summed E-state index contributed by atoms with van der Waals surface area (Å²) in [7, 11) is 1.69. The van der Waals surface area contributed by atoms with E-state index < -0.39 is 0 Å². The van der Waals surface area contributed by atoms with Crippen LogP contribution in [0.3, 0.4) is 0 Å². The van der Waals surface area contributed by atoms with Crippen molar-refractivity contribution < 1.29 is 18.9 Å². The summed E-state index contributed by atoms with van der Waals surface area (Å²) >= 11 is 0. The zero-order chi connectivity index (χ0) is 22.4. The average Bonchev–Trinajstić information content (AvgIpc) is 3.34. The van der Waals surface area contributed by atoms with Crippen LogP contribution >= 0.6 is 0 Å². The summed E-state index contributed by atoms with van der Waals surface area (Å²) in [6.45, 7) is 7.64. The van der Waals surface area contributed by atoms with Crippen molar-refractivity contribution in [2.75, 3.05) is 46.6 Å². The zero-order valence-electron chi connectivity index (χ0n) is 19.9. The van der Waals surface area contributed by atoms with Crippen LogP contribution in [0.4, 0.5) is 0 Å². The van der Waals surface area contributed by atoms with Crippen molar-refractivity contribution in [3.63, 3.8) is 0 Å². The van der Waals surface area contributed by atoms with Crippen LogP contribution in [0.5, 0.6) is 11.5 Å². The van der Waals surface area contributed by atoms with E-state index in [-0.39, 0.29) is 0 Å². The molecule has 1 heterocycles. The summed E-state index contributed by atoms with van der Waals surface area (Å²) in [6.07, 6.45) is 8.23. The number of hydrogen-bond donors (Lipinski definition) is 2. The number of rotatable bonds is 12. The van der Waals surface area contributed by atoms with Gasteiger partial charge in [0, 0.05) is 51.1 Å². The van der Waals surface area contributed by atoms with E-state index >= 15 is 0 Å². The second-order valence-corrected chi connectivity index (χ2v) is 8.60. The number of ether oxygens (including phenoxy) is 4. The highest BCUT2D eigenvalue weighted by molar-refractivity contribution is 5.79. The Hall–Kier alpha value is -1.99. The molecule has 3 rings (SSSR count). The molecule has 1 aliphatic carbocycles. The monoisotopic (exact) mass is 447 g/mol. The van der Waals surface area contributed by atoms with Gasteiger partial charge < -0.3 is 29.6 Å². The van der Waals surface area contributed by atoms with Crippen LogP contribution in [0, 0.1) is 5.92 Å². The summed E-state index contributed by atoms with van der Waals surface area (Å²) in [6, 6.07) is 6.02. The summed E-state index contributed by atoms with van der Waals surface area (Å²) in [4.78, 5) is 4.78. The lowest BCUT2D eigenvalue weighted by Crippen LogP contribution is -2.38. The van der Waals surface area contributed by atoms with Gasteiger partial charge in [0.25, 0.3) is 0 Å². The van der Waals surface area contributed by atoms with Gasteiger partial charge in [-0.3, -0.25) is 0 Å². The lowest BCUT2D eigenvalue weighted by atomic mass is 10.0. The van der Waals surface area contributed by atoms with Crippen molar-refractivity contribution in [3.8, 4) is 11.5 Å². The summed E-state index contributed by atoms with van der Waals surface area (Å²) in [5, 5.41) is 6.75. The third-order valence-corrected chi connectivity index (χ3v) is 6.07. The molecular weight excluding hydrogens is 406 g/mol. The number of aliphatic imine (C=N–C) groups is 1. The van der Waals surface area contributed by atoms with Gasteiger partial charge in [0.2, 0.25) is 0 Å². The van der Waals surface area contributed by atoms with E-state index in [1.807, 2.05) is 12.1 Å². The highest BCUT2D eigenvalue weighted by atomic mass is 16.5. The number of hydrogen-bond acceptors (Lipinski definition) is 5. The van der Waals surface area contributed by atoms with Gasteiger partial charge in [-0.25, -0.2) is 4.99 Å². The normalized spacial score (nSPS) is 18.0. The summed E-state index contributed by atoms with van der Waals surface area (Å²) < 4.78 is 23.0. The Morgan fingerprint density at radius 1 is 1.12 bits per heavy atom. The minimum absolute atomic E-state index is 0.303. The Kier molecular flexibility index (Phi) is 11.0. The molecule has 1 saturated carbocycles. The average molecular weight is 448 g/mol. The van der Waals surface area contributed by atoms with Crippen molar-refractivity contribution in [1.29, 1.82) is 0 Å². The van der Waals surface area contributed by atoms with Gasteiger partial charge in [0.15, 0.2) is 5.96 Å². The second kappa shape index (κ2) is 14.2. The first-order chi connectivity index (χ1) is 15.8. The molecule has 0 spiro atoms. The minimum atomic E-state index is 0.303. The molecule has 7 heteroatoms. The van der Waals surface area contributed by atoms with Crippen molar-refractivity contribution in [2.24, 2.45) is 10.9 Å². The lowest BCUT2D eigenvalue weighted by molar-refractivity contribution is 0.0203. The van der Waals surface area contributed by atoms with Gasteiger partial charge in [0.1, 0.15) is 11.5 Å². The first-order valence-electron chi connectivity index (χ1n) is 12.3. The Labute approximate surface area is 193 Å². The molecule has 2 aliphatic rings. The fourth-order valence-electron chi connectivity index (χ4n) is 4.14. The van der Waals surface area contributed by atoms with Gasteiger partial charge in [-0.05, 0) is 69.9 Å². The maximum atomic E-state index is 6.30. The first kappa shape index (κ1) is 24.6. The van der Waals surface area contributed by atoms with E-state index in [1.54, 1.807) is 7.11 Å². The van der Waals surface area contributed by atoms with Gasteiger partial charge in [0.05, 0.1) is 19.8 Å². The van der Waals surface area contributed by atoms with Gasteiger partial charge >= 0.3 is 0 Å². The molecule has 2 fully saturated rings. The standard InChI is InChI=1S/C25H41N3O4/c1-3-26-25(27-13-6-14-31-19-20-11-15-30-16-12-20)28-18-21-9-10-23(29-2)17-24(21)32-22-7-4-5-8-22/h9-10,17,20,22H,3-8,11-16,18-19H2,1-2H3,(H2,26,27,28). The largest absolute Gasteiger partial charge is 0.497 e. The van der Waals surface area contributed by atoms with Gasteiger partial charge in [-0.1, -0.05) is 0 Å². The maximum absolute atomic E-state index is 6.30. The van der Waals surface area contributed by atoms with Crippen LogP contribution in [0.25, 0.3) is 0 Å². The van der Waals surface area contributed by atoms with Gasteiger partial charge in [-0.2, -0.15) is 0 Å². The Balaban J connectivity index is 1.45. The summed E-state index contributed by atoms with van der Waals surface area (Å²) in [5.74, 6) is 3.18. The van der Waals surface area contributed by atoms with Crippen molar-refractivity contribution in [2.45, 2.75) is 64.5 Å². The molecule has 1 aliphatic heterocycles. The molecule has 0 bridgehead atoms. The molecular formula is C25H41N3O4. The predicted molar refractivity (Wildman–Crippen MR) is 128 cm³/mol. The van der Waals surface area contributed by atoms with E-state index in [4.69, 9.17) is 23.9 Å². The Morgan fingerprint density at radius 2 is 1.94 bits per heavy atom. The van der Waals surface area contributed by atoms with E-state index in [2.05, 4.69) is 23.6 Å². The van der Waals surface area contributed by atoms with E-state index in [1.165, 1.54) is 12.8 Å². The van der Waals surface area contributed by atoms with Crippen LogP contribution in [0.1, 0.15) is 57.4 Å². The molecule has 0 unspecified atom stereocenters. The molecule has 0 aromatic heterocycles. The molecule has 32 heavy (non-hydrogen) atoms. The quantitative estimate of drug-likeness (QED) is 0.288. The topological polar surface area (TPSA) is 73.3 Å². The van der Waals surface area contributed by atoms with Crippen molar-refractivity contribution in [3.05, 3.63) is 23.8 Å². The van der Waals surface area contributed by atoms with Crippen LogP contribution in [0.2, 0.25) is 0 Å². The summed E-state index contributed by atoms with van der Waals surface area (Å²) in [5.41, 5.74) is 1.08. The molecule has 0 atom stereocenters. The number of nitrogens with one attached hydrogen (secondary N) is 2. The van der Waals surface area contributed by atoms with E-state index in [0.29, 0.717) is 18.6 Å². The third-order valence-electron chi connectivity index (χ3n) is 6.07. The fraction of sp³-hybridized carbons (Fsp3) is 0.720. The first-order valence-corrected chi connectivity index (χ1v) is 12.3. The van der Waals surface area contributed by atoms with Crippen LogP contribution in [0.15, 0.2) is 23.2 Å². The minimum Gasteiger partial charge on any atom is -0.497 e. The predicted octanol–water partition coefficient (Wildman–Crippen LogP) is 3.91. The maximum Gasteiger partial charge on any atom is 0.191 e. The van der Waals surface area contributed by atoms with Crippen molar-refractivity contribution >= 4 is 5.96 Å². The van der Waals surface area contributed by atoms with Crippen LogP contribution in [-0.4, -0.2) is 58.7 Å². The molecule has 180 valence electrons. The van der Waals surface area contributed by atoms with E-state index in [9.17, 15) is 0 Å². The van der Waals surface area contributed by atoms with E-state index in [0.717, 1.165) is 94.6 Å². The van der Waals surface area contributed by atoms with Crippen LogP contribution < -0.4 is 20.1 Å². The lowest BCUT2D eigenvalue weighted by Gasteiger charge is -2.21. The SMILES string of the molecule is CCNC(=NCc1ccc(OC)cc1OC1CCCC1)NCCCOCC1CCOCC1. The van der Waals surface area contributed by atoms with Crippen molar-refractivity contribution in [1.82, 2.24) is 10.6 Å². The third kappa shape index (κ3) is 8.51. The molecule has 1 aromatic carbocycles. The smallest absolute Gasteiger partial charge is 0.191 e. The number of nitrogens with zero attached hydrogens (tertiary/aromatic N) is 1. The Morgan fingerprint density at radius 3 is 2.69 bits per heavy atom. The molecule has 0 amide bonds. The zero-order valence-corrected chi connectivity index (χ0v) is 19.9. The highest BCUT2D eigenvalue weighted by Gasteiger charge is 2.18. The highest BCUT2D eigenvalue weighted by Crippen LogP contribution is 2.30. The fourth-order valence-corrected chi connectivity index (χ4v) is 4.14. The molecule has 1 aromatic rings. The second-order valence-electron chi connectivity index (χ2n) is 8.60. The number of benzene rings is 1. The molecule has 1 saturated heterocycles. The molecule has 7 nitrogen and oxygen atoms in total. The number of methoxy groups -OCH3 is 1. The number of guanidine groups is 1. The molecule has 2 N–H and O–H groups in total. The van der Waals surface area contributed by atoms with Crippen LogP contribution in [-0.2, 0) is 16.0 Å². The Bertz CT molecular complexity index is 686.